The van der Waals surface area contributed by atoms with Crippen molar-refractivity contribution < 1.29 is 0 Å². The fraction of sp³-hybridized carbons (Fsp3) is 0.778. The van der Waals surface area contributed by atoms with Gasteiger partial charge in [-0.2, -0.15) is 0 Å². The molecule has 11 heavy (non-hydrogen) atoms. The van der Waals surface area contributed by atoms with Crippen LogP contribution in [0.3, 0.4) is 0 Å². The minimum absolute atomic E-state index is 0. The molecule has 0 rings (SSSR count). The van der Waals surface area contributed by atoms with Crippen molar-refractivity contribution in [1.82, 2.24) is 5.32 Å². The van der Waals surface area contributed by atoms with Gasteiger partial charge < -0.3 is 5.32 Å². The number of hydrogen-bond donors (Lipinski definition) is 1. The Morgan fingerprint density at radius 1 is 1.27 bits per heavy atom. The van der Waals surface area contributed by atoms with Gasteiger partial charge in [0.1, 0.15) is 0 Å². The first-order valence-electron chi connectivity index (χ1n) is 4.23. The number of unbranched alkanes of at least 4 members (excludes halogenated alkanes) is 2. The van der Waals surface area contributed by atoms with E-state index in [4.69, 9.17) is 0 Å². The third-order valence-electron chi connectivity index (χ3n) is 1.48. The Bertz CT molecular complexity index is 74.0. The Kier molecular flexibility index (Phi) is 15.6. The van der Waals surface area contributed by atoms with Crippen LogP contribution in [0.4, 0.5) is 0 Å². The minimum atomic E-state index is 0. The first kappa shape index (κ1) is 13.6. The minimum Gasteiger partial charge on any atom is -0.316 e. The highest BCUT2D eigenvalue weighted by Crippen LogP contribution is 1.90. The van der Waals surface area contributed by atoms with Crippen LogP contribution in [-0.2, 0) is 0 Å². The molecule has 0 atom stereocenters. The fourth-order valence-electron chi connectivity index (χ4n) is 0.829. The maximum atomic E-state index is 3.65. The fourth-order valence-corrected chi connectivity index (χ4v) is 0.829. The van der Waals surface area contributed by atoms with Crippen molar-refractivity contribution >= 4 is 12.4 Å². The van der Waals surface area contributed by atoms with Gasteiger partial charge in [-0.15, -0.1) is 19.0 Å². The maximum Gasteiger partial charge on any atom is -0.00144 e. The number of hydrogen-bond acceptors (Lipinski definition) is 1. The van der Waals surface area contributed by atoms with Crippen molar-refractivity contribution in [2.24, 2.45) is 0 Å². The summed E-state index contributed by atoms with van der Waals surface area (Å²) in [6.45, 7) is 8.14. The SMILES string of the molecule is C=CCCNCCCCC.Cl. The van der Waals surface area contributed by atoms with Crippen LogP contribution in [0, 0.1) is 0 Å². The van der Waals surface area contributed by atoms with Crippen molar-refractivity contribution in [3.63, 3.8) is 0 Å². The second-order valence-electron chi connectivity index (χ2n) is 2.53. The summed E-state index contributed by atoms with van der Waals surface area (Å²) in [5.41, 5.74) is 0. The maximum absolute atomic E-state index is 3.65. The van der Waals surface area contributed by atoms with Gasteiger partial charge in [0.25, 0.3) is 0 Å². The normalized spacial score (nSPS) is 8.82. The lowest BCUT2D eigenvalue weighted by molar-refractivity contribution is 0.620. The van der Waals surface area contributed by atoms with Crippen LogP contribution in [0.2, 0.25) is 0 Å². The topological polar surface area (TPSA) is 12.0 Å². The van der Waals surface area contributed by atoms with Gasteiger partial charge in [-0.05, 0) is 25.9 Å². The van der Waals surface area contributed by atoms with Crippen LogP contribution in [0.1, 0.15) is 32.6 Å². The molecule has 0 aliphatic heterocycles. The third-order valence-corrected chi connectivity index (χ3v) is 1.48. The van der Waals surface area contributed by atoms with Crippen molar-refractivity contribution in [3.05, 3.63) is 12.7 Å². The molecule has 68 valence electrons. The Morgan fingerprint density at radius 3 is 2.55 bits per heavy atom. The van der Waals surface area contributed by atoms with E-state index in [1.165, 1.54) is 25.8 Å². The van der Waals surface area contributed by atoms with E-state index in [1.807, 2.05) is 6.08 Å². The molecule has 0 saturated carbocycles. The summed E-state index contributed by atoms with van der Waals surface area (Å²) in [6, 6.07) is 0. The third kappa shape index (κ3) is 13.1. The van der Waals surface area contributed by atoms with E-state index in [-0.39, 0.29) is 12.4 Å². The molecule has 0 aromatic heterocycles. The van der Waals surface area contributed by atoms with Gasteiger partial charge in [0.2, 0.25) is 0 Å². The Morgan fingerprint density at radius 2 is 2.00 bits per heavy atom. The molecule has 0 spiro atoms. The van der Waals surface area contributed by atoms with E-state index < -0.39 is 0 Å². The van der Waals surface area contributed by atoms with Crippen LogP contribution in [0.5, 0.6) is 0 Å². The summed E-state index contributed by atoms with van der Waals surface area (Å²) >= 11 is 0. The highest BCUT2D eigenvalue weighted by molar-refractivity contribution is 5.85. The van der Waals surface area contributed by atoms with Crippen molar-refractivity contribution in [1.29, 1.82) is 0 Å². The molecule has 0 aliphatic rings. The van der Waals surface area contributed by atoms with Crippen LogP contribution in [0.15, 0.2) is 12.7 Å². The summed E-state index contributed by atoms with van der Waals surface area (Å²) in [5, 5.41) is 3.35. The van der Waals surface area contributed by atoms with Gasteiger partial charge in [0, 0.05) is 0 Å². The largest absolute Gasteiger partial charge is 0.316 e. The van der Waals surface area contributed by atoms with Crippen molar-refractivity contribution in [3.8, 4) is 0 Å². The summed E-state index contributed by atoms with van der Waals surface area (Å²) in [6.07, 6.45) is 7.01. The molecule has 0 aromatic carbocycles. The van der Waals surface area contributed by atoms with Crippen LogP contribution in [-0.4, -0.2) is 13.1 Å². The lowest BCUT2D eigenvalue weighted by atomic mass is 10.2. The predicted octanol–water partition coefficient (Wildman–Crippen LogP) is 2.76. The molecular formula is C9H20ClN. The molecule has 0 aliphatic carbocycles. The average molecular weight is 178 g/mol. The second-order valence-corrected chi connectivity index (χ2v) is 2.53. The lowest BCUT2D eigenvalue weighted by Crippen LogP contribution is -2.15. The van der Waals surface area contributed by atoms with Crippen LogP contribution in [0.25, 0.3) is 0 Å². The van der Waals surface area contributed by atoms with Gasteiger partial charge in [-0.25, -0.2) is 0 Å². The van der Waals surface area contributed by atoms with E-state index >= 15 is 0 Å². The van der Waals surface area contributed by atoms with Crippen molar-refractivity contribution in [2.45, 2.75) is 32.6 Å². The summed E-state index contributed by atoms with van der Waals surface area (Å²) in [4.78, 5) is 0. The molecule has 0 fully saturated rings. The van der Waals surface area contributed by atoms with Crippen LogP contribution < -0.4 is 5.32 Å². The zero-order valence-corrected chi connectivity index (χ0v) is 8.25. The molecule has 1 N–H and O–H groups in total. The number of nitrogens with one attached hydrogen (secondary N) is 1. The molecule has 1 nitrogen and oxygen atoms in total. The molecule has 2 heteroatoms. The second kappa shape index (κ2) is 12.6. The smallest absolute Gasteiger partial charge is 0.00144 e. The summed E-state index contributed by atoms with van der Waals surface area (Å²) in [7, 11) is 0. The first-order valence-corrected chi connectivity index (χ1v) is 4.23. The van der Waals surface area contributed by atoms with Crippen molar-refractivity contribution in [2.75, 3.05) is 13.1 Å². The molecule has 0 heterocycles. The Balaban J connectivity index is 0. The zero-order chi connectivity index (χ0) is 7.66. The van der Waals surface area contributed by atoms with E-state index in [9.17, 15) is 0 Å². The van der Waals surface area contributed by atoms with Gasteiger partial charge >= 0.3 is 0 Å². The van der Waals surface area contributed by atoms with E-state index in [0.29, 0.717) is 0 Å². The standard InChI is InChI=1S/C9H19N.ClH/c1-3-5-7-9-10-8-6-4-2;/h4,10H,2-3,5-9H2,1H3;1H. The number of halogens is 1. The first-order chi connectivity index (χ1) is 4.91. The highest BCUT2D eigenvalue weighted by atomic mass is 35.5. The molecule has 0 amide bonds. The van der Waals surface area contributed by atoms with E-state index in [0.717, 1.165) is 13.0 Å². The average Bonchev–Trinajstić information content (AvgIpc) is 1.97. The molecule has 0 saturated heterocycles. The van der Waals surface area contributed by atoms with Gasteiger partial charge in [-0.1, -0.05) is 25.8 Å². The van der Waals surface area contributed by atoms with E-state index in [2.05, 4.69) is 18.8 Å². The zero-order valence-electron chi connectivity index (χ0n) is 7.44. The molecule has 0 aromatic rings. The summed E-state index contributed by atoms with van der Waals surface area (Å²) in [5.74, 6) is 0. The Hall–Kier alpha value is -0.0100. The van der Waals surface area contributed by atoms with Gasteiger partial charge in [-0.3, -0.25) is 0 Å². The molecule has 0 bridgehead atoms. The number of rotatable bonds is 7. The quantitative estimate of drug-likeness (QED) is 0.466. The Labute approximate surface area is 76.7 Å². The highest BCUT2D eigenvalue weighted by Gasteiger charge is 1.84. The van der Waals surface area contributed by atoms with Crippen LogP contribution >= 0.6 is 12.4 Å². The monoisotopic (exact) mass is 177 g/mol. The lowest BCUT2D eigenvalue weighted by Gasteiger charge is -2.00. The van der Waals surface area contributed by atoms with Gasteiger partial charge in [0.15, 0.2) is 0 Å². The van der Waals surface area contributed by atoms with Gasteiger partial charge in [0.05, 0.1) is 0 Å². The molecule has 0 unspecified atom stereocenters. The van der Waals surface area contributed by atoms with E-state index in [1.54, 1.807) is 0 Å². The summed E-state index contributed by atoms with van der Waals surface area (Å²) < 4.78 is 0. The molecular weight excluding hydrogens is 158 g/mol. The molecule has 0 radical (unpaired) electrons. The predicted molar refractivity (Wildman–Crippen MR) is 54.5 cm³/mol.